The van der Waals surface area contributed by atoms with Gasteiger partial charge in [0.15, 0.2) is 0 Å². The minimum absolute atomic E-state index is 0.832. The van der Waals surface area contributed by atoms with Gasteiger partial charge in [-0.25, -0.2) is 0 Å². The van der Waals surface area contributed by atoms with Gasteiger partial charge in [-0.1, -0.05) is 36.9 Å². The maximum Gasteiger partial charge on any atom is 0.0471 e. The quantitative estimate of drug-likeness (QED) is 0.895. The summed E-state index contributed by atoms with van der Waals surface area (Å²) in [7, 11) is 1.95. The van der Waals surface area contributed by atoms with Crippen molar-refractivity contribution in [1.29, 1.82) is 0 Å². The second kappa shape index (κ2) is 7.01. The minimum Gasteiger partial charge on any atom is -0.371 e. The summed E-state index contributed by atoms with van der Waals surface area (Å²) in [5.41, 5.74) is 2.46. The maximum absolute atomic E-state index is 6.33. The number of halogens is 1. The van der Waals surface area contributed by atoms with Gasteiger partial charge in [0, 0.05) is 30.3 Å². The monoisotopic (exact) mass is 266 g/mol. The highest BCUT2D eigenvalue weighted by Gasteiger charge is 2.10. The first-order chi connectivity index (χ1) is 8.81. The van der Waals surface area contributed by atoms with Crippen LogP contribution in [0.3, 0.4) is 0 Å². The SMILES string of the molecule is CNCc1ccc(N2CCCCCCC2)cc1Cl. The Hall–Kier alpha value is -0.730. The molecule has 0 aliphatic carbocycles. The van der Waals surface area contributed by atoms with Crippen molar-refractivity contribution in [1.82, 2.24) is 5.32 Å². The first-order valence-electron chi connectivity index (χ1n) is 6.99. The van der Waals surface area contributed by atoms with Crippen molar-refractivity contribution < 1.29 is 0 Å². The molecule has 1 saturated heterocycles. The van der Waals surface area contributed by atoms with Gasteiger partial charge < -0.3 is 10.2 Å². The third-order valence-corrected chi connectivity index (χ3v) is 3.98. The van der Waals surface area contributed by atoms with Crippen molar-refractivity contribution in [2.75, 3.05) is 25.0 Å². The molecule has 0 amide bonds. The van der Waals surface area contributed by atoms with Crippen LogP contribution in [0.15, 0.2) is 18.2 Å². The summed E-state index contributed by atoms with van der Waals surface area (Å²) < 4.78 is 0. The Morgan fingerprint density at radius 2 is 1.78 bits per heavy atom. The Bertz CT molecular complexity index is 371. The van der Waals surface area contributed by atoms with Crippen LogP contribution in [0, 0.1) is 0 Å². The average Bonchev–Trinajstić information content (AvgIpc) is 2.32. The van der Waals surface area contributed by atoms with Crippen LogP contribution in [-0.4, -0.2) is 20.1 Å². The predicted octanol–water partition coefficient (Wildman–Crippen LogP) is 3.83. The lowest BCUT2D eigenvalue weighted by molar-refractivity contribution is 0.556. The molecule has 1 aromatic carbocycles. The molecular formula is C15H23ClN2. The van der Waals surface area contributed by atoms with Gasteiger partial charge in [0.25, 0.3) is 0 Å². The zero-order valence-corrected chi connectivity index (χ0v) is 12.0. The van der Waals surface area contributed by atoms with E-state index in [0.29, 0.717) is 0 Å². The van der Waals surface area contributed by atoms with E-state index in [2.05, 4.69) is 28.4 Å². The van der Waals surface area contributed by atoms with Gasteiger partial charge in [0.2, 0.25) is 0 Å². The lowest BCUT2D eigenvalue weighted by Gasteiger charge is -2.27. The summed E-state index contributed by atoms with van der Waals surface area (Å²) in [5.74, 6) is 0. The molecule has 2 nitrogen and oxygen atoms in total. The Balaban J connectivity index is 2.08. The molecule has 0 radical (unpaired) electrons. The Morgan fingerprint density at radius 1 is 1.11 bits per heavy atom. The van der Waals surface area contributed by atoms with Crippen molar-refractivity contribution in [3.8, 4) is 0 Å². The number of rotatable bonds is 3. The molecule has 0 atom stereocenters. The van der Waals surface area contributed by atoms with Crippen LogP contribution >= 0.6 is 11.6 Å². The summed E-state index contributed by atoms with van der Waals surface area (Å²) in [5, 5.41) is 4.02. The van der Waals surface area contributed by atoms with Gasteiger partial charge in [0.05, 0.1) is 0 Å². The van der Waals surface area contributed by atoms with E-state index >= 15 is 0 Å². The third-order valence-electron chi connectivity index (χ3n) is 3.63. The minimum atomic E-state index is 0.832. The molecule has 1 aliphatic heterocycles. The topological polar surface area (TPSA) is 15.3 Å². The molecule has 2 rings (SSSR count). The van der Waals surface area contributed by atoms with E-state index in [0.717, 1.165) is 11.6 Å². The van der Waals surface area contributed by atoms with E-state index in [1.54, 1.807) is 0 Å². The van der Waals surface area contributed by atoms with Gasteiger partial charge in [-0.05, 0) is 37.6 Å². The fourth-order valence-corrected chi connectivity index (χ4v) is 2.81. The molecule has 100 valence electrons. The van der Waals surface area contributed by atoms with E-state index in [-0.39, 0.29) is 0 Å². The van der Waals surface area contributed by atoms with Crippen LogP contribution in [0.2, 0.25) is 5.02 Å². The van der Waals surface area contributed by atoms with E-state index in [9.17, 15) is 0 Å². The molecule has 0 unspecified atom stereocenters. The molecule has 1 aliphatic rings. The summed E-state index contributed by atoms with van der Waals surface area (Å²) in [6.45, 7) is 3.17. The molecule has 1 aromatic rings. The predicted molar refractivity (Wildman–Crippen MR) is 79.5 cm³/mol. The normalized spacial score (nSPS) is 17.3. The molecule has 0 spiro atoms. The van der Waals surface area contributed by atoms with Crippen molar-refractivity contribution in [3.05, 3.63) is 28.8 Å². The maximum atomic E-state index is 6.33. The van der Waals surface area contributed by atoms with Gasteiger partial charge in [-0.2, -0.15) is 0 Å². The van der Waals surface area contributed by atoms with E-state index < -0.39 is 0 Å². The molecular weight excluding hydrogens is 244 g/mol. The van der Waals surface area contributed by atoms with Crippen molar-refractivity contribution in [3.63, 3.8) is 0 Å². The number of hydrogen-bond acceptors (Lipinski definition) is 2. The summed E-state index contributed by atoms with van der Waals surface area (Å²) in [4.78, 5) is 2.48. The van der Waals surface area contributed by atoms with Crippen LogP contribution in [0.4, 0.5) is 5.69 Å². The Labute approximate surface area is 115 Å². The second-order valence-electron chi connectivity index (χ2n) is 5.06. The molecule has 18 heavy (non-hydrogen) atoms. The first kappa shape index (κ1) is 13.7. The van der Waals surface area contributed by atoms with E-state index in [1.807, 2.05) is 7.05 Å². The van der Waals surface area contributed by atoms with Crippen LogP contribution in [0.5, 0.6) is 0 Å². The number of anilines is 1. The highest BCUT2D eigenvalue weighted by Crippen LogP contribution is 2.25. The van der Waals surface area contributed by atoms with Gasteiger partial charge >= 0.3 is 0 Å². The third kappa shape index (κ3) is 3.63. The summed E-state index contributed by atoms with van der Waals surface area (Å²) in [6.07, 6.45) is 6.73. The lowest BCUT2D eigenvalue weighted by atomic mass is 10.1. The number of nitrogens with zero attached hydrogens (tertiary/aromatic N) is 1. The van der Waals surface area contributed by atoms with Crippen LogP contribution < -0.4 is 10.2 Å². The second-order valence-corrected chi connectivity index (χ2v) is 5.47. The average molecular weight is 267 g/mol. The van der Waals surface area contributed by atoms with E-state index in [4.69, 9.17) is 11.6 Å². The summed E-state index contributed by atoms with van der Waals surface area (Å²) >= 11 is 6.33. The number of hydrogen-bond donors (Lipinski definition) is 1. The molecule has 0 saturated carbocycles. The molecule has 0 bridgehead atoms. The van der Waals surface area contributed by atoms with Crippen molar-refractivity contribution >= 4 is 17.3 Å². The lowest BCUT2D eigenvalue weighted by Crippen LogP contribution is -2.27. The van der Waals surface area contributed by atoms with Crippen LogP contribution in [0.1, 0.15) is 37.7 Å². The van der Waals surface area contributed by atoms with Crippen molar-refractivity contribution in [2.24, 2.45) is 0 Å². The molecule has 0 aromatic heterocycles. The van der Waals surface area contributed by atoms with Crippen molar-refractivity contribution in [2.45, 2.75) is 38.6 Å². The van der Waals surface area contributed by atoms with Gasteiger partial charge in [0.1, 0.15) is 0 Å². The van der Waals surface area contributed by atoms with E-state index in [1.165, 1.54) is 56.4 Å². The molecule has 1 heterocycles. The first-order valence-corrected chi connectivity index (χ1v) is 7.37. The smallest absolute Gasteiger partial charge is 0.0471 e. The number of nitrogens with one attached hydrogen (secondary N) is 1. The highest BCUT2D eigenvalue weighted by molar-refractivity contribution is 6.31. The zero-order chi connectivity index (χ0) is 12.8. The van der Waals surface area contributed by atoms with Gasteiger partial charge in [-0.15, -0.1) is 0 Å². The zero-order valence-electron chi connectivity index (χ0n) is 11.2. The van der Waals surface area contributed by atoms with Gasteiger partial charge in [-0.3, -0.25) is 0 Å². The Morgan fingerprint density at radius 3 is 2.39 bits per heavy atom. The molecule has 1 fully saturated rings. The largest absolute Gasteiger partial charge is 0.371 e. The number of benzene rings is 1. The fourth-order valence-electron chi connectivity index (χ4n) is 2.57. The molecule has 3 heteroatoms. The standard InChI is InChI=1S/C15H23ClN2/c1-17-12-13-7-8-14(11-15(13)16)18-9-5-3-2-4-6-10-18/h7-8,11,17H,2-6,9-10,12H2,1H3. The van der Waals surface area contributed by atoms with Crippen LogP contribution in [0.25, 0.3) is 0 Å². The highest BCUT2D eigenvalue weighted by atomic mass is 35.5. The summed E-state index contributed by atoms with van der Waals surface area (Å²) in [6, 6.07) is 6.48. The Kier molecular flexibility index (Phi) is 5.33. The van der Waals surface area contributed by atoms with Crippen LogP contribution in [-0.2, 0) is 6.54 Å². The fraction of sp³-hybridized carbons (Fsp3) is 0.600. The molecule has 1 N–H and O–H groups in total.